The van der Waals surface area contributed by atoms with Gasteiger partial charge in [0.1, 0.15) is 6.54 Å². The lowest BCUT2D eigenvalue weighted by Gasteiger charge is -2.25. The highest BCUT2D eigenvalue weighted by molar-refractivity contribution is 7.92. The molecule has 0 saturated heterocycles. The Morgan fingerprint density at radius 1 is 0.842 bits per heavy atom. The quantitative estimate of drug-likeness (QED) is 0.364. The standard InChI is InChI=1S/C28H34N2O7S/c1-19(2)37-25-13-9-21(15-26(25)35-5)17-29-28(31)18-30(22-10-14-24(34-4)27(16-22)36-6)38(32,33)23-11-7-20(3)8-12-23/h7-16,19H,17-18H2,1-6H3,(H,29,31). The van der Waals surface area contributed by atoms with Gasteiger partial charge in [0.25, 0.3) is 10.0 Å². The lowest BCUT2D eigenvalue weighted by atomic mass is 10.2. The van der Waals surface area contributed by atoms with E-state index in [9.17, 15) is 13.2 Å². The van der Waals surface area contributed by atoms with Crippen LogP contribution in [0.5, 0.6) is 23.0 Å². The summed E-state index contributed by atoms with van der Waals surface area (Å²) in [5, 5.41) is 2.80. The molecule has 0 fully saturated rings. The van der Waals surface area contributed by atoms with E-state index in [1.165, 1.54) is 32.4 Å². The Morgan fingerprint density at radius 3 is 2.05 bits per heavy atom. The Labute approximate surface area is 224 Å². The van der Waals surface area contributed by atoms with Gasteiger partial charge >= 0.3 is 0 Å². The summed E-state index contributed by atoms with van der Waals surface area (Å²) in [7, 11) is 0.407. The summed E-state index contributed by atoms with van der Waals surface area (Å²) in [6.45, 7) is 5.43. The average molecular weight is 543 g/mol. The van der Waals surface area contributed by atoms with E-state index in [-0.39, 0.29) is 23.2 Å². The number of nitrogens with zero attached hydrogens (tertiary/aromatic N) is 1. The first-order valence-electron chi connectivity index (χ1n) is 12.0. The van der Waals surface area contributed by atoms with E-state index in [2.05, 4.69) is 5.32 Å². The zero-order valence-corrected chi connectivity index (χ0v) is 23.3. The highest BCUT2D eigenvalue weighted by atomic mass is 32.2. The highest BCUT2D eigenvalue weighted by Gasteiger charge is 2.28. The zero-order chi connectivity index (χ0) is 27.9. The fraction of sp³-hybridized carbons (Fsp3) is 0.321. The average Bonchev–Trinajstić information content (AvgIpc) is 2.90. The summed E-state index contributed by atoms with van der Waals surface area (Å²) in [6.07, 6.45) is -0.0208. The normalized spacial score (nSPS) is 11.1. The predicted octanol–water partition coefficient (Wildman–Crippen LogP) is 4.32. The number of carbonyl (C=O) groups is 1. The number of amides is 1. The third kappa shape index (κ3) is 6.89. The second kappa shape index (κ2) is 12.6. The number of ether oxygens (including phenoxy) is 4. The Morgan fingerprint density at radius 2 is 1.45 bits per heavy atom. The smallest absolute Gasteiger partial charge is 0.264 e. The van der Waals surface area contributed by atoms with Crippen LogP contribution in [0.25, 0.3) is 0 Å². The van der Waals surface area contributed by atoms with E-state index in [0.717, 1.165) is 15.4 Å². The molecule has 1 N–H and O–H groups in total. The third-order valence-electron chi connectivity index (χ3n) is 5.63. The molecule has 0 saturated carbocycles. The van der Waals surface area contributed by atoms with E-state index in [1.54, 1.807) is 43.5 Å². The molecule has 9 nitrogen and oxygen atoms in total. The third-order valence-corrected chi connectivity index (χ3v) is 7.42. The molecule has 3 aromatic carbocycles. The Kier molecular flexibility index (Phi) is 9.46. The molecule has 204 valence electrons. The Balaban J connectivity index is 1.87. The van der Waals surface area contributed by atoms with Gasteiger partial charge in [0.05, 0.1) is 38.0 Å². The van der Waals surface area contributed by atoms with Crippen molar-refractivity contribution in [2.75, 3.05) is 32.2 Å². The molecule has 3 rings (SSSR count). The summed E-state index contributed by atoms with van der Waals surface area (Å²) >= 11 is 0. The van der Waals surface area contributed by atoms with Crippen LogP contribution in [-0.4, -0.2) is 48.3 Å². The minimum absolute atomic E-state index is 0.0208. The van der Waals surface area contributed by atoms with Crippen molar-refractivity contribution in [2.45, 2.75) is 38.3 Å². The van der Waals surface area contributed by atoms with Gasteiger partial charge in [-0.25, -0.2) is 8.42 Å². The van der Waals surface area contributed by atoms with Crippen LogP contribution in [0, 0.1) is 6.92 Å². The van der Waals surface area contributed by atoms with Crippen molar-refractivity contribution < 1.29 is 32.2 Å². The van der Waals surface area contributed by atoms with Crippen LogP contribution in [0.4, 0.5) is 5.69 Å². The van der Waals surface area contributed by atoms with Gasteiger partial charge in [0.2, 0.25) is 5.91 Å². The van der Waals surface area contributed by atoms with Crippen LogP contribution in [0.1, 0.15) is 25.0 Å². The number of benzene rings is 3. The summed E-state index contributed by atoms with van der Waals surface area (Å²) < 4.78 is 50.2. The molecule has 0 aliphatic carbocycles. The number of rotatable bonds is 12. The summed E-state index contributed by atoms with van der Waals surface area (Å²) in [4.78, 5) is 13.1. The lowest BCUT2D eigenvalue weighted by Crippen LogP contribution is -2.40. The van der Waals surface area contributed by atoms with E-state index >= 15 is 0 Å². The van der Waals surface area contributed by atoms with Crippen molar-refractivity contribution in [3.63, 3.8) is 0 Å². The number of sulfonamides is 1. The first-order chi connectivity index (χ1) is 18.1. The van der Waals surface area contributed by atoms with E-state index in [0.29, 0.717) is 23.0 Å². The number of nitrogens with one attached hydrogen (secondary N) is 1. The molecule has 0 heterocycles. The van der Waals surface area contributed by atoms with Gasteiger partial charge in [-0.05, 0) is 62.7 Å². The zero-order valence-electron chi connectivity index (χ0n) is 22.5. The molecule has 0 aromatic heterocycles. The van der Waals surface area contributed by atoms with Crippen LogP contribution in [-0.2, 0) is 21.4 Å². The van der Waals surface area contributed by atoms with E-state index in [1.807, 2.05) is 26.8 Å². The largest absolute Gasteiger partial charge is 0.493 e. The SMILES string of the molecule is COc1ccc(N(CC(=O)NCc2ccc(OC(C)C)c(OC)c2)S(=O)(=O)c2ccc(C)cc2)cc1OC. The van der Waals surface area contributed by atoms with Crippen LogP contribution < -0.4 is 28.6 Å². The maximum absolute atomic E-state index is 13.7. The van der Waals surface area contributed by atoms with Crippen molar-refractivity contribution >= 4 is 21.6 Å². The van der Waals surface area contributed by atoms with Crippen LogP contribution in [0.2, 0.25) is 0 Å². The van der Waals surface area contributed by atoms with Crippen molar-refractivity contribution in [1.82, 2.24) is 5.32 Å². The van der Waals surface area contributed by atoms with Gasteiger partial charge in [0.15, 0.2) is 23.0 Å². The molecule has 0 aliphatic heterocycles. The van der Waals surface area contributed by atoms with Gasteiger partial charge in [-0.2, -0.15) is 0 Å². The monoisotopic (exact) mass is 542 g/mol. The van der Waals surface area contributed by atoms with Crippen LogP contribution >= 0.6 is 0 Å². The van der Waals surface area contributed by atoms with Gasteiger partial charge < -0.3 is 24.3 Å². The molecule has 0 atom stereocenters. The predicted molar refractivity (Wildman–Crippen MR) is 146 cm³/mol. The molecule has 10 heteroatoms. The minimum atomic E-state index is -4.08. The van der Waals surface area contributed by atoms with Crippen LogP contribution in [0.15, 0.2) is 65.6 Å². The Hall–Kier alpha value is -3.92. The fourth-order valence-electron chi connectivity index (χ4n) is 3.69. The molecule has 1 amide bonds. The topological polar surface area (TPSA) is 103 Å². The first-order valence-corrected chi connectivity index (χ1v) is 13.4. The van der Waals surface area contributed by atoms with Crippen molar-refractivity contribution in [3.05, 3.63) is 71.8 Å². The summed E-state index contributed by atoms with van der Waals surface area (Å²) in [5.74, 6) is 1.43. The lowest BCUT2D eigenvalue weighted by molar-refractivity contribution is -0.119. The molecule has 0 unspecified atom stereocenters. The number of hydrogen-bond donors (Lipinski definition) is 1. The van der Waals surface area contributed by atoms with Crippen LogP contribution in [0.3, 0.4) is 0 Å². The fourth-order valence-corrected chi connectivity index (χ4v) is 5.11. The van der Waals surface area contributed by atoms with E-state index < -0.39 is 22.5 Å². The first kappa shape index (κ1) is 28.6. The molecule has 38 heavy (non-hydrogen) atoms. The molecular weight excluding hydrogens is 508 g/mol. The maximum Gasteiger partial charge on any atom is 0.264 e. The summed E-state index contributed by atoms with van der Waals surface area (Å²) in [5.41, 5.74) is 1.94. The molecule has 0 radical (unpaired) electrons. The van der Waals surface area contributed by atoms with Gasteiger partial charge in [-0.15, -0.1) is 0 Å². The molecule has 0 aliphatic rings. The van der Waals surface area contributed by atoms with Gasteiger partial charge in [0, 0.05) is 12.6 Å². The molecule has 0 spiro atoms. The molecule has 3 aromatic rings. The second-order valence-corrected chi connectivity index (χ2v) is 10.7. The van der Waals surface area contributed by atoms with Crippen molar-refractivity contribution in [2.24, 2.45) is 0 Å². The van der Waals surface area contributed by atoms with Gasteiger partial charge in [-0.3, -0.25) is 9.10 Å². The number of hydrogen-bond acceptors (Lipinski definition) is 7. The van der Waals surface area contributed by atoms with Crippen molar-refractivity contribution in [3.8, 4) is 23.0 Å². The summed E-state index contributed by atoms with van der Waals surface area (Å²) in [6, 6.07) is 16.5. The number of aryl methyl sites for hydroxylation is 1. The number of anilines is 1. The minimum Gasteiger partial charge on any atom is -0.493 e. The maximum atomic E-state index is 13.7. The Bertz CT molecular complexity index is 1360. The number of methoxy groups -OCH3 is 3. The van der Waals surface area contributed by atoms with E-state index in [4.69, 9.17) is 18.9 Å². The highest BCUT2D eigenvalue weighted by Crippen LogP contribution is 2.34. The molecule has 0 bridgehead atoms. The van der Waals surface area contributed by atoms with Crippen molar-refractivity contribution in [1.29, 1.82) is 0 Å². The number of carbonyl (C=O) groups excluding carboxylic acids is 1. The molecular formula is C28H34N2O7S. The van der Waals surface area contributed by atoms with Gasteiger partial charge in [-0.1, -0.05) is 23.8 Å². The second-order valence-electron chi connectivity index (χ2n) is 8.79.